The number of rotatable bonds is 3. The summed E-state index contributed by atoms with van der Waals surface area (Å²) >= 11 is 0. The number of hydrogen-bond acceptors (Lipinski definition) is 3. The molecule has 0 radical (unpaired) electrons. The number of hydrogen-bond donors (Lipinski definition) is 1. The first-order valence-corrected chi connectivity index (χ1v) is 5.72. The van der Waals surface area contributed by atoms with Crippen LogP contribution in [0.15, 0.2) is 24.5 Å². The molecule has 0 atom stereocenters. The molecule has 1 fully saturated rings. The summed E-state index contributed by atoms with van der Waals surface area (Å²) in [5.41, 5.74) is 6.95. The molecule has 0 unspecified atom stereocenters. The summed E-state index contributed by atoms with van der Waals surface area (Å²) in [6.45, 7) is 4.17. The van der Waals surface area contributed by atoms with Crippen molar-refractivity contribution in [3.63, 3.8) is 0 Å². The molecule has 0 saturated carbocycles. The van der Waals surface area contributed by atoms with Gasteiger partial charge in [0, 0.05) is 25.5 Å². The van der Waals surface area contributed by atoms with Crippen molar-refractivity contribution in [1.82, 2.24) is 9.88 Å². The molecule has 1 aliphatic rings. The van der Waals surface area contributed by atoms with E-state index in [4.69, 9.17) is 5.73 Å². The summed E-state index contributed by atoms with van der Waals surface area (Å²) in [5.74, 6) is 0.702. The fraction of sp³-hybridized carbons (Fsp3) is 0.583. The van der Waals surface area contributed by atoms with E-state index in [9.17, 15) is 0 Å². The van der Waals surface area contributed by atoms with E-state index in [1.54, 1.807) is 0 Å². The van der Waals surface area contributed by atoms with Crippen LogP contribution in [0.5, 0.6) is 0 Å². The predicted molar refractivity (Wildman–Crippen MR) is 61.7 cm³/mol. The molecule has 1 saturated heterocycles. The number of piperidine rings is 1. The molecule has 2 heterocycles. The fourth-order valence-electron chi connectivity index (χ4n) is 2.29. The van der Waals surface area contributed by atoms with Crippen molar-refractivity contribution >= 4 is 0 Å². The van der Waals surface area contributed by atoms with E-state index < -0.39 is 0 Å². The van der Waals surface area contributed by atoms with Crippen LogP contribution in [-0.4, -0.2) is 36.1 Å². The third kappa shape index (κ3) is 2.76. The van der Waals surface area contributed by atoms with Crippen molar-refractivity contribution in [2.75, 3.05) is 26.2 Å². The highest BCUT2D eigenvalue weighted by Gasteiger charge is 2.19. The number of nitrogens with two attached hydrogens (primary N) is 1. The van der Waals surface area contributed by atoms with E-state index in [-0.39, 0.29) is 0 Å². The first kappa shape index (κ1) is 10.6. The Morgan fingerprint density at radius 1 is 1.40 bits per heavy atom. The summed E-state index contributed by atoms with van der Waals surface area (Å²) in [6.07, 6.45) is 6.33. The first-order chi connectivity index (χ1) is 7.40. The monoisotopic (exact) mass is 205 g/mol. The second-order valence-electron chi connectivity index (χ2n) is 4.19. The van der Waals surface area contributed by atoms with E-state index in [0.717, 1.165) is 13.1 Å². The van der Waals surface area contributed by atoms with Crippen molar-refractivity contribution in [2.24, 2.45) is 5.73 Å². The van der Waals surface area contributed by atoms with Crippen LogP contribution in [0.2, 0.25) is 0 Å². The van der Waals surface area contributed by atoms with Crippen molar-refractivity contribution in [3.8, 4) is 0 Å². The van der Waals surface area contributed by atoms with Gasteiger partial charge >= 0.3 is 0 Å². The van der Waals surface area contributed by atoms with E-state index in [1.165, 1.54) is 31.5 Å². The molecule has 0 aliphatic carbocycles. The van der Waals surface area contributed by atoms with E-state index in [1.807, 2.05) is 18.5 Å². The molecule has 1 aromatic rings. The Hall–Kier alpha value is -0.930. The summed E-state index contributed by atoms with van der Waals surface area (Å²) < 4.78 is 0. The average molecular weight is 205 g/mol. The summed E-state index contributed by atoms with van der Waals surface area (Å²) in [5, 5.41) is 0. The minimum absolute atomic E-state index is 0.702. The number of pyridine rings is 1. The van der Waals surface area contributed by atoms with Gasteiger partial charge in [0.25, 0.3) is 0 Å². The molecule has 1 aliphatic heterocycles. The topological polar surface area (TPSA) is 42.1 Å². The zero-order valence-electron chi connectivity index (χ0n) is 9.10. The second-order valence-corrected chi connectivity index (χ2v) is 4.19. The Kier molecular flexibility index (Phi) is 3.69. The highest BCUT2D eigenvalue weighted by Crippen LogP contribution is 2.26. The van der Waals surface area contributed by atoms with Crippen molar-refractivity contribution in [2.45, 2.75) is 18.8 Å². The Balaban J connectivity index is 1.88. The fourth-order valence-corrected chi connectivity index (χ4v) is 2.29. The van der Waals surface area contributed by atoms with Crippen LogP contribution in [0.3, 0.4) is 0 Å². The molecule has 0 aromatic carbocycles. The summed E-state index contributed by atoms with van der Waals surface area (Å²) in [4.78, 5) is 6.63. The summed E-state index contributed by atoms with van der Waals surface area (Å²) in [6, 6.07) is 4.22. The molecule has 0 spiro atoms. The van der Waals surface area contributed by atoms with Gasteiger partial charge in [-0.25, -0.2) is 0 Å². The lowest BCUT2D eigenvalue weighted by Crippen LogP contribution is -2.36. The van der Waals surface area contributed by atoms with E-state index in [0.29, 0.717) is 5.92 Å². The Bertz CT molecular complexity index is 278. The van der Waals surface area contributed by atoms with Crippen molar-refractivity contribution in [3.05, 3.63) is 30.1 Å². The van der Waals surface area contributed by atoms with Crippen LogP contribution in [0, 0.1) is 0 Å². The third-order valence-electron chi connectivity index (χ3n) is 3.19. The highest BCUT2D eigenvalue weighted by atomic mass is 15.1. The number of nitrogens with zero attached hydrogens (tertiary/aromatic N) is 2. The summed E-state index contributed by atoms with van der Waals surface area (Å²) in [7, 11) is 0. The molecule has 1 aromatic heterocycles. The van der Waals surface area contributed by atoms with Crippen LogP contribution in [0.4, 0.5) is 0 Å². The molecule has 3 heteroatoms. The van der Waals surface area contributed by atoms with Crippen LogP contribution in [0.25, 0.3) is 0 Å². The maximum absolute atomic E-state index is 5.55. The van der Waals surface area contributed by atoms with Crippen molar-refractivity contribution < 1.29 is 0 Å². The van der Waals surface area contributed by atoms with E-state index >= 15 is 0 Å². The lowest BCUT2D eigenvalue weighted by Gasteiger charge is -2.31. The van der Waals surface area contributed by atoms with Crippen LogP contribution in [-0.2, 0) is 0 Å². The molecule has 15 heavy (non-hydrogen) atoms. The molecule has 2 rings (SSSR count). The maximum Gasteiger partial charge on any atom is 0.0302 e. The third-order valence-corrected chi connectivity index (χ3v) is 3.19. The van der Waals surface area contributed by atoms with Gasteiger partial charge in [-0.1, -0.05) is 6.07 Å². The van der Waals surface area contributed by atoms with Gasteiger partial charge in [-0.3, -0.25) is 4.98 Å². The van der Waals surface area contributed by atoms with Gasteiger partial charge in [-0.2, -0.15) is 0 Å². The highest BCUT2D eigenvalue weighted by molar-refractivity contribution is 5.15. The lowest BCUT2D eigenvalue weighted by atomic mass is 9.90. The Morgan fingerprint density at radius 2 is 2.20 bits per heavy atom. The number of aromatic nitrogens is 1. The zero-order chi connectivity index (χ0) is 10.5. The van der Waals surface area contributed by atoms with Gasteiger partial charge in [0.1, 0.15) is 0 Å². The van der Waals surface area contributed by atoms with Gasteiger partial charge < -0.3 is 10.6 Å². The Labute approximate surface area is 91.3 Å². The van der Waals surface area contributed by atoms with Crippen LogP contribution < -0.4 is 5.73 Å². The molecule has 3 nitrogen and oxygen atoms in total. The normalized spacial score (nSPS) is 19.3. The van der Waals surface area contributed by atoms with Gasteiger partial charge in [-0.05, 0) is 43.5 Å². The van der Waals surface area contributed by atoms with Gasteiger partial charge in [0.2, 0.25) is 0 Å². The minimum atomic E-state index is 0.702. The van der Waals surface area contributed by atoms with E-state index in [2.05, 4.69) is 16.0 Å². The molecular weight excluding hydrogens is 186 g/mol. The minimum Gasteiger partial charge on any atom is -0.329 e. The SMILES string of the molecule is NCCN1CCC(c2cccnc2)CC1. The molecule has 82 valence electrons. The molecular formula is C12H19N3. The number of likely N-dealkylation sites (tertiary alicyclic amines) is 1. The first-order valence-electron chi connectivity index (χ1n) is 5.72. The smallest absolute Gasteiger partial charge is 0.0302 e. The van der Waals surface area contributed by atoms with Crippen LogP contribution in [0.1, 0.15) is 24.3 Å². The standard InChI is InChI=1S/C12H19N3/c13-5-9-15-7-3-11(4-8-15)12-2-1-6-14-10-12/h1-2,6,10-11H,3-5,7-9,13H2. The maximum atomic E-state index is 5.55. The predicted octanol–water partition coefficient (Wildman–Crippen LogP) is 1.22. The zero-order valence-corrected chi connectivity index (χ0v) is 9.10. The van der Waals surface area contributed by atoms with Crippen LogP contribution >= 0.6 is 0 Å². The average Bonchev–Trinajstić information content (AvgIpc) is 2.32. The van der Waals surface area contributed by atoms with Gasteiger partial charge in [-0.15, -0.1) is 0 Å². The quantitative estimate of drug-likeness (QED) is 0.806. The molecule has 0 amide bonds. The lowest BCUT2D eigenvalue weighted by molar-refractivity contribution is 0.217. The van der Waals surface area contributed by atoms with Gasteiger partial charge in [0.05, 0.1) is 0 Å². The van der Waals surface area contributed by atoms with Gasteiger partial charge in [0.15, 0.2) is 0 Å². The molecule has 0 bridgehead atoms. The second kappa shape index (κ2) is 5.24. The molecule has 2 N–H and O–H groups in total. The van der Waals surface area contributed by atoms with Crippen molar-refractivity contribution in [1.29, 1.82) is 0 Å². The Morgan fingerprint density at radius 3 is 2.80 bits per heavy atom. The largest absolute Gasteiger partial charge is 0.329 e.